The normalized spacial score (nSPS) is 15.1. The zero-order chi connectivity index (χ0) is 14.9. The molecule has 3 nitrogen and oxygen atoms in total. The number of rotatable bonds is 10. The summed E-state index contributed by atoms with van der Waals surface area (Å²) in [5.41, 5.74) is 0. The fourth-order valence-electron chi connectivity index (χ4n) is 2.17. The second-order valence-electron chi connectivity index (χ2n) is 5.40. The van der Waals surface area contributed by atoms with Gasteiger partial charge in [0.1, 0.15) is 0 Å². The number of carbonyl (C=O) groups is 1. The van der Waals surface area contributed by atoms with Crippen molar-refractivity contribution < 1.29 is 4.79 Å². The smallest absolute Gasteiger partial charge is 0.237 e. The monoisotopic (exact) mass is 288 g/mol. The van der Waals surface area contributed by atoms with E-state index >= 15 is 0 Å². The molecule has 0 aliphatic heterocycles. The molecular weight excluding hydrogens is 256 g/mol. The van der Waals surface area contributed by atoms with Crippen LogP contribution in [0.15, 0.2) is 0 Å². The first-order valence-corrected chi connectivity index (χ1v) is 8.76. The fraction of sp³-hybridized carbons (Fsp3) is 0.933. The van der Waals surface area contributed by atoms with Crippen molar-refractivity contribution in [3.8, 4) is 0 Å². The van der Waals surface area contributed by atoms with Gasteiger partial charge < -0.3 is 10.6 Å². The van der Waals surface area contributed by atoms with Crippen LogP contribution >= 0.6 is 11.8 Å². The van der Waals surface area contributed by atoms with Gasteiger partial charge in [-0.15, -0.1) is 0 Å². The van der Waals surface area contributed by atoms with E-state index in [1.807, 2.05) is 18.7 Å². The Kier molecular flexibility index (Phi) is 9.54. The molecule has 19 heavy (non-hydrogen) atoms. The first-order chi connectivity index (χ1) is 8.94. The molecule has 0 rings (SSSR count). The number of hydrogen-bond donors (Lipinski definition) is 2. The molecule has 0 radical (unpaired) electrons. The lowest BCUT2D eigenvalue weighted by molar-refractivity contribution is -0.123. The first-order valence-electron chi connectivity index (χ1n) is 7.53. The van der Waals surface area contributed by atoms with E-state index in [0.29, 0.717) is 0 Å². The average Bonchev–Trinajstić information content (AvgIpc) is 2.40. The molecule has 0 aromatic heterocycles. The van der Waals surface area contributed by atoms with Gasteiger partial charge in [0.15, 0.2) is 0 Å². The SMILES string of the molecule is CCCC(C)NC(=O)C(C)NCC(CC)(CC)SC. The molecule has 0 aliphatic carbocycles. The molecule has 0 bridgehead atoms. The highest BCUT2D eigenvalue weighted by Crippen LogP contribution is 2.29. The van der Waals surface area contributed by atoms with Gasteiger partial charge in [0.2, 0.25) is 5.91 Å². The third-order valence-corrected chi connectivity index (χ3v) is 5.54. The Morgan fingerprint density at radius 3 is 2.21 bits per heavy atom. The minimum Gasteiger partial charge on any atom is -0.352 e. The van der Waals surface area contributed by atoms with E-state index in [0.717, 1.165) is 32.2 Å². The zero-order valence-electron chi connectivity index (χ0n) is 13.5. The highest BCUT2D eigenvalue weighted by Gasteiger charge is 2.26. The van der Waals surface area contributed by atoms with Crippen LogP contribution in [0.1, 0.15) is 60.3 Å². The summed E-state index contributed by atoms with van der Waals surface area (Å²) in [6, 6.07) is 0.147. The number of hydrogen-bond acceptors (Lipinski definition) is 3. The van der Waals surface area contributed by atoms with Crippen molar-refractivity contribution in [3.05, 3.63) is 0 Å². The quantitative estimate of drug-likeness (QED) is 0.648. The summed E-state index contributed by atoms with van der Waals surface area (Å²) < 4.78 is 0.254. The van der Waals surface area contributed by atoms with E-state index in [4.69, 9.17) is 0 Å². The number of amides is 1. The van der Waals surface area contributed by atoms with Crippen LogP contribution in [0.4, 0.5) is 0 Å². The molecule has 0 saturated carbocycles. The maximum atomic E-state index is 12.0. The first kappa shape index (κ1) is 18.8. The molecule has 2 atom stereocenters. The Bertz CT molecular complexity index is 246. The molecule has 2 N–H and O–H groups in total. The predicted octanol–water partition coefficient (Wildman–Crippen LogP) is 3.19. The summed E-state index contributed by atoms with van der Waals surface area (Å²) in [6.07, 6.45) is 6.54. The maximum Gasteiger partial charge on any atom is 0.237 e. The largest absolute Gasteiger partial charge is 0.352 e. The molecule has 0 aliphatic rings. The van der Waals surface area contributed by atoms with E-state index < -0.39 is 0 Å². The summed E-state index contributed by atoms with van der Waals surface area (Å²) in [4.78, 5) is 12.0. The van der Waals surface area contributed by atoms with Crippen LogP contribution in [0, 0.1) is 0 Å². The van der Waals surface area contributed by atoms with Crippen LogP contribution < -0.4 is 10.6 Å². The second kappa shape index (κ2) is 9.65. The van der Waals surface area contributed by atoms with Gasteiger partial charge in [-0.1, -0.05) is 27.2 Å². The summed E-state index contributed by atoms with van der Waals surface area (Å²) in [5, 5.41) is 6.45. The maximum absolute atomic E-state index is 12.0. The lowest BCUT2D eigenvalue weighted by atomic mass is 10.0. The number of thioether (sulfide) groups is 1. The van der Waals surface area contributed by atoms with Gasteiger partial charge in [0.25, 0.3) is 0 Å². The Hall–Kier alpha value is -0.220. The van der Waals surface area contributed by atoms with Crippen molar-refractivity contribution in [2.75, 3.05) is 12.8 Å². The lowest BCUT2D eigenvalue weighted by Crippen LogP contribution is -2.49. The molecule has 0 fully saturated rings. The van der Waals surface area contributed by atoms with Crippen LogP contribution in [0.5, 0.6) is 0 Å². The van der Waals surface area contributed by atoms with E-state index in [-0.39, 0.29) is 22.7 Å². The molecule has 0 spiro atoms. The van der Waals surface area contributed by atoms with Crippen LogP contribution in [0.25, 0.3) is 0 Å². The molecule has 0 saturated heterocycles. The van der Waals surface area contributed by atoms with Crippen molar-refractivity contribution in [2.45, 2.75) is 77.1 Å². The highest BCUT2D eigenvalue weighted by atomic mass is 32.2. The van der Waals surface area contributed by atoms with Gasteiger partial charge in [-0.25, -0.2) is 0 Å². The molecule has 1 amide bonds. The van der Waals surface area contributed by atoms with Crippen molar-refractivity contribution >= 4 is 17.7 Å². The van der Waals surface area contributed by atoms with E-state index in [2.05, 4.69) is 44.6 Å². The number of carbonyl (C=O) groups excluding carboxylic acids is 1. The van der Waals surface area contributed by atoms with Crippen molar-refractivity contribution in [1.82, 2.24) is 10.6 Å². The minimum absolute atomic E-state index is 0.114. The zero-order valence-corrected chi connectivity index (χ0v) is 14.3. The molecule has 2 unspecified atom stereocenters. The van der Waals surface area contributed by atoms with Gasteiger partial charge >= 0.3 is 0 Å². The van der Waals surface area contributed by atoms with Crippen LogP contribution in [-0.2, 0) is 4.79 Å². The van der Waals surface area contributed by atoms with Crippen molar-refractivity contribution in [1.29, 1.82) is 0 Å². The fourth-order valence-corrected chi connectivity index (χ4v) is 2.97. The topological polar surface area (TPSA) is 41.1 Å². The molecular formula is C15H32N2OS. The molecule has 0 heterocycles. The summed E-state index contributed by atoms with van der Waals surface area (Å²) in [6.45, 7) is 11.5. The van der Waals surface area contributed by atoms with Crippen LogP contribution in [0.2, 0.25) is 0 Å². The summed E-state index contributed by atoms with van der Waals surface area (Å²) >= 11 is 1.90. The van der Waals surface area contributed by atoms with Crippen LogP contribution in [0.3, 0.4) is 0 Å². The van der Waals surface area contributed by atoms with Crippen LogP contribution in [-0.4, -0.2) is 35.5 Å². The lowest BCUT2D eigenvalue weighted by Gasteiger charge is -2.31. The van der Waals surface area contributed by atoms with Gasteiger partial charge in [-0.2, -0.15) is 11.8 Å². The van der Waals surface area contributed by atoms with E-state index in [1.165, 1.54) is 0 Å². The van der Waals surface area contributed by atoms with Gasteiger partial charge in [0, 0.05) is 17.3 Å². The highest BCUT2D eigenvalue weighted by molar-refractivity contribution is 8.00. The Labute approximate surface area is 123 Å². The minimum atomic E-state index is -0.121. The molecule has 4 heteroatoms. The van der Waals surface area contributed by atoms with E-state index in [1.54, 1.807) is 0 Å². The summed E-state index contributed by atoms with van der Waals surface area (Å²) in [5.74, 6) is 0.114. The Balaban J connectivity index is 4.22. The summed E-state index contributed by atoms with van der Waals surface area (Å²) in [7, 11) is 0. The predicted molar refractivity (Wildman–Crippen MR) is 86.8 cm³/mol. The van der Waals surface area contributed by atoms with E-state index in [9.17, 15) is 4.79 Å². The average molecular weight is 289 g/mol. The molecule has 114 valence electrons. The Morgan fingerprint density at radius 2 is 1.79 bits per heavy atom. The van der Waals surface area contributed by atoms with Gasteiger partial charge in [0.05, 0.1) is 6.04 Å². The van der Waals surface area contributed by atoms with Crippen molar-refractivity contribution in [2.24, 2.45) is 0 Å². The van der Waals surface area contributed by atoms with Gasteiger partial charge in [-0.3, -0.25) is 4.79 Å². The van der Waals surface area contributed by atoms with Crippen molar-refractivity contribution in [3.63, 3.8) is 0 Å². The molecule has 0 aromatic rings. The number of nitrogens with one attached hydrogen (secondary N) is 2. The molecule has 0 aromatic carbocycles. The van der Waals surface area contributed by atoms with Gasteiger partial charge in [-0.05, 0) is 39.4 Å². The third kappa shape index (κ3) is 6.66. The second-order valence-corrected chi connectivity index (χ2v) is 6.67. The third-order valence-electron chi connectivity index (χ3n) is 3.96. The Morgan fingerprint density at radius 1 is 1.21 bits per heavy atom. The standard InChI is InChI=1S/C15H32N2OS/c1-7-10-12(4)17-14(18)13(5)16-11-15(8-2,9-3)19-6/h12-13,16H,7-11H2,1-6H3,(H,17,18).